The van der Waals surface area contributed by atoms with E-state index in [0.29, 0.717) is 18.4 Å². The van der Waals surface area contributed by atoms with E-state index in [2.05, 4.69) is 20.4 Å². The van der Waals surface area contributed by atoms with E-state index >= 15 is 0 Å². The molecule has 0 aromatic carbocycles. The van der Waals surface area contributed by atoms with E-state index in [-0.39, 0.29) is 5.82 Å². The molecule has 0 saturated heterocycles. The molecule has 0 aliphatic heterocycles. The van der Waals surface area contributed by atoms with Crippen LogP contribution in [0.15, 0.2) is 18.5 Å². The number of hydrogen-bond donors (Lipinski definition) is 1. The average Bonchev–Trinajstić information content (AvgIpc) is 2.81. The molecule has 2 aromatic rings. The molecule has 2 rings (SSSR count). The van der Waals surface area contributed by atoms with Gasteiger partial charge < -0.3 is 5.32 Å². The molecule has 2 aromatic heterocycles. The third kappa shape index (κ3) is 2.47. The second kappa shape index (κ2) is 5.12. The lowest BCUT2D eigenvalue weighted by molar-refractivity contribution is 0.591. The molecule has 18 heavy (non-hydrogen) atoms. The second-order valence-corrected chi connectivity index (χ2v) is 4.24. The molecule has 5 nitrogen and oxygen atoms in total. The molecule has 0 amide bonds. The van der Waals surface area contributed by atoms with Gasteiger partial charge in [-0.1, -0.05) is 13.8 Å². The van der Waals surface area contributed by atoms with Gasteiger partial charge in [-0.3, -0.25) is 0 Å². The largest absolute Gasteiger partial charge is 0.354 e. The summed E-state index contributed by atoms with van der Waals surface area (Å²) in [6.07, 6.45) is 2.85. The summed E-state index contributed by atoms with van der Waals surface area (Å²) >= 11 is 0. The number of nitrogens with zero attached hydrogens (tertiary/aromatic N) is 4. The molecular formula is C12H16FN5. The number of aromatic nitrogens is 4. The van der Waals surface area contributed by atoms with Crippen molar-refractivity contribution in [3.05, 3.63) is 30.0 Å². The number of hydrogen-bond acceptors (Lipinski definition) is 4. The SMILES string of the molecule is CCNc1ncc(F)c(-n2ccc(C(C)C)n2)n1. The zero-order valence-corrected chi connectivity index (χ0v) is 10.7. The summed E-state index contributed by atoms with van der Waals surface area (Å²) in [5.74, 6) is 0.364. The minimum atomic E-state index is -0.491. The number of rotatable bonds is 4. The molecule has 0 atom stereocenters. The van der Waals surface area contributed by atoms with Gasteiger partial charge in [0, 0.05) is 12.7 Å². The molecule has 6 heteroatoms. The monoisotopic (exact) mass is 249 g/mol. The van der Waals surface area contributed by atoms with E-state index in [1.54, 1.807) is 6.20 Å². The molecule has 0 radical (unpaired) electrons. The summed E-state index contributed by atoms with van der Waals surface area (Å²) < 4.78 is 15.1. The Balaban J connectivity index is 2.38. The Hall–Kier alpha value is -1.98. The Kier molecular flexibility index (Phi) is 3.55. The van der Waals surface area contributed by atoms with E-state index in [0.717, 1.165) is 11.9 Å². The second-order valence-electron chi connectivity index (χ2n) is 4.24. The van der Waals surface area contributed by atoms with Gasteiger partial charge in [0.1, 0.15) is 0 Å². The Labute approximate surface area is 105 Å². The van der Waals surface area contributed by atoms with E-state index in [9.17, 15) is 4.39 Å². The van der Waals surface area contributed by atoms with Crippen LogP contribution in [0.3, 0.4) is 0 Å². The van der Waals surface area contributed by atoms with Crippen LogP contribution in [0.4, 0.5) is 10.3 Å². The fourth-order valence-electron chi connectivity index (χ4n) is 1.53. The van der Waals surface area contributed by atoms with Crippen LogP contribution in [0, 0.1) is 5.82 Å². The van der Waals surface area contributed by atoms with Crippen LogP contribution in [0.5, 0.6) is 0 Å². The van der Waals surface area contributed by atoms with Crippen LogP contribution in [0.1, 0.15) is 32.4 Å². The van der Waals surface area contributed by atoms with Crippen molar-refractivity contribution < 1.29 is 4.39 Å². The average molecular weight is 249 g/mol. The summed E-state index contributed by atoms with van der Waals surface area (Å²) in [6, 6.07) is 1.86. The van der Waals surface area contributed by atoms with Gasteiger partial charge in [-0.25, -0.2) is 14.1 Å². The minimum absolute atomic E-state index is 0.160. The highest BCUT2D eigenvalue weighted by Crippen LogP contribution is 2.15. The number of halogens is 1. The minimum Gasteiger partial charge on any atom is -0.354 e. The molecule has 0 aliphatic rings. The smallest absolute Gasteiger partial charge is 0.224 e. The van der Waals surface area contributed by atoms with Gasteiger partial charge in [-0.2, -0.15) is 10.1 Å². The molecule has 0 saturated carbocycles. The Morgan fingerprint density at radius 2 is 2.22 bits per heavy atom. The molecule has 0 aliphatic carbocycles. The topological polar surface area (TPSA) is 55.6 Å². The van der Waals surface area contributed by atoms with E-state index in [1.807, 2.05) is 26.8 Å². The van der Waals surface area contributed by atoms with Gasteiger partial charge in [0.2, 0.25) is 5.95 Å². The van der Waals surface area contributed by atoms with Crippen LogP contribution in [-0.4, -0.2) is 26.3 Å². The maximum absolute atomic E-state index is 13.7. The van der Waals surface area contributed by atoms with Crippen LogP contribution < -0.4 is 5.32 Å². The molecule has 2 heterocycles. The number of nitrogens with one attached hydrogen (secondary N) is 1. The lowest BCUT2D eigenvalue weighted by Crippen LogP contribution is -2.08. The molecule has 0 bridgehead atoms. The highest BCUT2D eigenvalue weighted by molar-refractivity contribution is 5.32. The lowest BCUT2D eigenvalue weighted by atomic mass is 10.1. The van der Waals surface area contributed by atoms with Crippen molar-refractivity contribution in [3.8, 4) is 5.82 Å². The molecule has 0 spiro atoms. The molecule has 0 unspecified atom stereocenters. The fraction of sp³-hybridized carbons (Fsp3) is 0.417. The highest BCUT2D eigenvalue weighted by Gasteiger charge is 2.11. The van der Waals surface area contributed by atoms with Gasteiger partial charge in [0.25, 0.3) is 0 Å². The van der Waals surface area contributed by atoms with Crippen LogP contribution in [0.2, 0.25) is 0 Å². The summed E-state index contributed by atoms with van der Waals surface area (Å²) in [4.78, 5) is 7.97. The predicted molar refractivity (Wildman–Crippen MR) is 67.4 cm³/mol. The normalized spacial score (nSPS) is 10.9. The Morgan fingerprint density at radius 3 is 2.83 bits per heavy atom. The van der Waals surface area contributed by atoms with Crippen molar-refractivity contribution in [2.75, 3.05) is 11.9 Å². The Bertz CT molecular complexity index is 535. The van der Waals surface area contributed by atoms with E-state index in [1.165, 1.54) is 4.68 Å². The van der Waals surface area contributed by atoms with Crippen LogP contribution >= 0.6 is 0 Å². The zero-order valence-electron chi connectivity index (χ0n) is 10.7. The van der Waals surface area contributed by atoms with Crippen molar-refractivity contribution >= 4 is 5.95 Å². The molecule has 0 fully saturated rings. The summed E-state index contributed by atoms with van der Waals surface area (Å²) in [5, 5.41) is 7.25. The van der Waals surface area contributed by atoms with Crippen molar-refractivity contribution in [1.82, 2.24) is 19.7 Å². The molecule has 96 valence electrons. The third-order valence-corrected chi connectivity index (χ3v) is 2.48. The number of anilines is 1. The lowest BCUT2D eigenvalue weighted by Gasteiger charge is -2.06. The van der Waals surface area contributed by atoms with Crippen LogP contribution in [-0.2, 0) is 0 Å². The molecular weight excluding hydrogens is 233 g/mol. The first-order valence-electron chi connectivity index (χ1n) is 5.94. The van der Waals surface area contributed by atoms with Gasteiger partial charge in [0.05, 0.1) is 11.9 Å². The van der Waals surface area contributed by atoms with E-state index in [4.69, 9.17) is 0 Å². The quantitative estimate of drug-likeness (QED) is 0.903. The van der Waals surface area contributed by atoms with Gasteiger partial charge in [-0.05, 0) is 18.9 Å². The van der Waals surface area contributed by atoms with Crippen molar-refractivity contribution in [1.29, 1.82) is 0 Å². The van der Waals surface area contributed by atoms with Gasteiger partial charge in [-0.15, -0.1) is 0 Å². The zero-order chi connectivity index (χ0) is 13.1. The third-order valence-electron chi connectivity index (χ3n) is 2.48. The standard InChI is InChI=1S/C12H16FN5/c1-4-14-12-15-7-9(13)11(16-12)18-6-5-10(17-18)8(2)3/h5-8H,4H2,1-3H3,(H,14,15,16). The maximum Gasteiger partial charge on any atom is 0.224 e. The highest BCUT2D eigenvalue weighted by atomic mass is 19.1. The van der Waals surface area contributed by atoms with E-state index < -0.39 is 5.82 Å². The fourth-order valence-corrected chi connectivity index (χ4v) is 1.53. The first kappa shape index (κ1) is 12.5. The predicted octanol–water partition coefficient (Wildman–Crippen LogP) is 2.36. The Morgan fingerprint density at radius 1 is 1.44 bits per heavy atom. The van der Waals surface area contributed by atoms with Crippen LogP contribution in [0.25, 0.3) is 5.82 Å². The first-order valence-corrected chi connectivity index (χ1v) is 5.94. The van der Waals surface area contributed by atoms with Crippen molar-refractivity contribution in [2.45, 2.75) is 26.7 Å². The summed E-state index contributed by atoms with van der Waals surface area (Å²) in [5.41, 5.74) is 0.901. The summed E-state index contributed by atoms with van der Waals surface area (Å²) in [7, 11) is 0. The molecule has 1 N–H and O–H groups in total. The summed E-state index contributed by atoms with van der Waals surface area (Å²) in [6.45, 7) is 6.68. The first-order chi connectivity index (χ1) is 8.61. The van der Waals surface area contributed by atoms with Gasteiger partial charge >= 0.3 is 0 Å². The maximum atomic E-state index is 13.7. The van der Waals surface area contributed by atoms with Crippen molar-refractivity contribution in [2.24, 2.45) is 0 Å². The van der Waals surface area contributed by atoms with Crippen molar-refractivity contribution in [3.63, 3.8) is 0 Å². The van der Waals surface area contributed by atoms with Gasteiger partial charge in [0.15, 0.2) is 11.6 Å².